The second-order valence-electron chi connectivity index (χ2n) is 17.5. The summed E-state index contributed by atoms with van der Waals surface area (Å²) in [7, 11) is 0. The molecule has 0 fully saturated rings. The van der Waals surface area contributed by atoms with Crippen LogP contribution in [-0.2, 0) is 0 Å². The molecule has 0 saturated carbocycles. The van der Waals surface area contributed by atoms with Gasteiger partial charge in [0, 0.05) is 38.4 Å². The average molecular weight is 838 g/mol. The lowest BCUT2D eigenvalue weighted by atomic mass is 9.85. The summed E-state index contributed by atoms with van der Waals surface area (Å²) in [6.45, 7) is 0. The Morgan fingerprint density at radius 2 is 0.652 bits per heavy atom. The van der Waals surface area contributed by atoms with Crippen molar-refractivity contribution < 1.29 is 4.42 Å². The van der Waals surface area contributed by atoms with Gasteiger partial charge in [0.1, 0.15) is 11.2 Å². The van der Waals surface area contributed by atoms with Gasteiger partial charge in [-0.2, -0.15) is 0 Å². The third kappa shape index (κ3) is 5.36. The smallest absolute Gasteiger partial charge is 0.143 e. The highest BCUT2D eigenvalue weighted by atomic mass is 16.3. The van der Waals surface area contributed by atoms with Crippen LogP contribution in [0.5, 0.6) is 0 Å². The summed E-state index contributed by atoms with van der Waals surface area (Å²) < 4.78 is 9.36. The van der Waals surface area contributed by atoms with Gasteiger partial charge in [-0.05, 0) is 113 Å². The lowest BCUT2D eigenvalue weighted by Crippen LogP contribution is -1.94. The van der Waals surface area contributed by atoms with Crippen molar-refractivity contribution in [1.29, 1.82) is 0 Å². The van der Waals surface area contributed by atoms with Gasteiger partial charge in [-0.3, -0.25) is 0 Å². The second kappa shape index (κ2) is 14.4. The number of furan rings is 1. The van der Waals surface area contributed by atoms with E-state index in [0.29, 0.717) is 0 Å². The van der Waals surface area contributed by atoms with E-state index >= 15 is 0 Å². The van der Waals surface area contributed by atoms with E-state index in [1.165, 1.54) is 104 Å². The summed E-state index contributed by atoms with van der Waals surface area (Å²) in [5.74, 6) is 0. The van der Waals surface area contributed by atoms with Crippen LogP contribution < -0.4 is 0 Å². The Kier molecular flexibility index (Phi) is 8.02. The third-order valence-electron chi connectivity index (χ3n) is 14.0. The molecule has 0 saturated heterocycles. The number of para-hydroxylation sites is 3. The minimum Gasteiger partial charge on any atom is -0.455 e. The maximum absolute atomic E-state index is 6.98. The number of fused-ring (bicyclic) bond motifs is 10. The first kappa shape index (κ1) is 36.7. The van der Waals surface area contributed by atoms with E-state index in [0.717, 1.165) is 33.2 Å². The van der Waals surface area contributed by atoms with Gasteiger partial charge >= 0.3 is 0 Å². The highest BCUT2D eigenvalue weighted by molar-refractivity contribution is 6.25. The Bertz CT molecular complexity index is 4100. The molecule has 12 aromatic carbocycles. The van der Waals surface area contributed by atoms with Crippen LogP contribution in [0, 0.1) is 0 Å². The molecular weight excluding hydrogens is 799 g/mol. The fraction of sp³-hybridized carbons (Fsp3) is 0. The number of hydrogen-bond donors (Lipinski definition) is 0. The van der Waals surface area contributed by atoms with Crippen molar-refractivity contribution >= 4 is 86.8 Å². The molecule has 14 rings (SSSR count). The monoisotopic (exact) mass is 837 g/mol. The molecule has 0 N–H and O–H groups in total. The summed E-state index contributed by atoms with van der Waals surface area (Å²) in [4.78, 5) is 0. The van der Waals surface area contributed by atoms with E-state index in [4.69, 9.17) is 4.42 Å². The molecule has 306 valence electrons. The molecule has 0 radical (unpaired) electrons. The van der Waals surface area contributed by atoms with Crippen LogP contribution in [0.2, 0.25) is 0 Å². The zero-order valence-electron chi connectivity index (χ0n) is 35.9. The summed E-state index contributed by atoms with van der Waals surface area (Å²) in [5, 5.41) is 14.5. The number of rotatable bonds is 5. The molecule has 2 nitrogen and oxygen atoms in total. The fourth-order valence-electron chi connectivity index (χ4n) is 11.2. The Morgan fingerprint density at radius 1 is 0.258 bits per heavy atom. The minimum atomic E-state index is 0.879. The fourth-order valence-corrected chi connectivity index (χ4v) is 11.2. The van der Waals surface area contributed by atoms with Crippen molar-refractivity contribution in [2.75, 3.05) is 0 Å². The highest BCUT2D eigenvalue weighted by Gasteiger charge is 2.22. The van der Waals surface area contributed by atoms with Gasteiger partial charge in [0.25, 0.3) is 0 Å². The van der Waals surface area contributed by atoms with Crippen LogP contribution >= 0.6 is 0 Å². The molecule has 0 unspecified atom stereocenters. The van der Waals surface area contributed by atoms with Crippen LogP contribution in [0.4, 0.5) is 0 Å². The summed E-state index contributed by atoms with van der Waals surface area (Å²) >= 11 is 0. The van der Waals surface area contributed by atoms with Gasteiger partial charge in [-0.1, -0.05) is 200 Å². The lowest BCUT2D eigenvalue weighted by molar-refractivity contribution is 0.670. The molecule has 0 aliphatic rings. The number of aromatic nitrogens is 1. The predicted molar refractivity (Wildman–Crippen MR) is 280 cm³/mol. The van der Waals surface area contributed by atoms with Crippen LogP contribution in [0.15, 0.2) is 241 Å². The summed E-state index contributed by atoms with van der Waals surface area (Å²) in [5.41, 5.74) is 15.0. The molecule has 0 atom stereocenters. The Hall–Kier alpha value is -8.72. The van der Waals surface area contributed by atoms with Crippen molar-refractivity contribution in [3.05, 3.63) is 237 Å². The topological polar surface area (TPSA) is 18.1 Å². The SMILES string of the molecule is c1ccc(-c2c3ccccc3c(-c3cccc4c3oc3ccc(-c5c6ccccc6c(-c6ccc(-n7c8ccccc8c8ccccc87)cc6)c6ccccc56)cc34)c3ccccc23)cc1. The lowest BCUT2D eigenvalue weighted by Gasteiger charge is -2.18. The molecule has 0 bridgehead atoms. The minimum absolute atomic E-state index is 0.879. The van der Waals surface area contributed by atoms with Crippen LogP contribution in [0.3, 0.4) is 0 Å². The average Bonchev–Trinajstić information content (AvgIpc) is 3.93. The first-order chi connectivity index (χ1) is 32.8. The molecule has 0 aliphatic heterocycles. The van der Waals surface area contributed by atoms with Gasteiger partial charge in [0.05, 0.1) is 11.0 Å². The quantitative estimate of drug-likeness (QED) is 0.158. The molecule has 0 spiro atoms. The molecule has 2 heterocycles. The maximum Gasteiger partial charge on any atom is 0.143 e. The normalized spacial score (nSPS) is 11.9. The van der Waals surface area contributed by atoms with E-state index in [9.17, 15) is 0 Å². The van der Waals surface area contributed by atoms with Gasteiger partial charge in [-0.25, -0.2) is 0 Å². The van der Waals surface area contributed by atoms with Gasteiger partial charge in [0.15, 0.2) is 0 Å². The Labute approximate surface area is 380 Å². The van der Waals surface area contributed by atoms with E-state index in [1.807, 2.05) is 0 Å². The van der Waals surface area contributed by atoms with E-state index in [1.54, 1.807) is 0 Å². The van der Waals surface area contributed by atoms with Crippen LogP contribution in [0.25, 0.3) is 137 Å². The number of nitrogens with zero attached hydrogens (tertiary/aromatic N) is 1. The number of hydrogen-bond acceptors (Lipinski definition) is 1. The van der Waals surface area contributed by atoms with Gasteiger partial charge in [-0.15, -0.1) is 0 Å². The number of benzene rings is 12. The molecule has 14 aromatic rings. The van der Waals surface area contributed by atoms with E-state index in [-0.39, 0.29) is 0 Å². The molecule has 0 amide bonds. The first-order valence-electron chi connectivity index (χ1n) is 22.8. The second-order valence-corrected chi connectivity index (χ2v) is 17.5. The third-order valence-corrected chi connectivity index (χ3v) is 14.0. The molecular formula is C64H39NO. The molecule has 2 heteroatoms. The summed E-state index contributed by atoms with van der Waals surface area (Å²) in [6.07, 6.45) is 0. The van der Waals surface area contributed by atoms with Crippen molar-refractivity contribution in [3.63, 3.8) is 0 Å². The first-order valence-corrected chi connectivity index (χ1v) is 22.8. The summed E-state index contributed by atoms with van der Waals surface area (Å²) in [6, 6.07) is 86.3. The largest absolute Gasteiger partial charge is 0.455 e. The highest BCUT2D eigenvalue weighted by Crippen LogP contribution is 2.48. The maximum atomic E-state index is 6.98. The standard InChI is InChI=1S/C64H39NO/c1-2-17-40(18-3-1)60-50-25-8-10-27-52(50)63(53-28-11-9-26-51(53)60)55-30-16-29-54-56-39-42(35-38-59(56)66-64(54)55)62-48-23-6-4-21-46(48)61(47-22-5-7-24-49(47)62)41-33-36-43(37-34-41)65-57-31-14-12-19-44(57)45-20-13-15-32-58(45)65/h1-39H. The van der Waals surface area contributed by atoms with Crippen molar-refractivity contribution in [2.45, 2.75) is 0 Å². The zero-order valence-corrected chi connectivity index (χ0v) is 35.9. The zero-order chi connectivity index (χ0) is 43.3. The van der Waals surface area contributed by atoms with Crippen molar-refractivity contribution in [2.24, 2.45) is 0 Å². The van der Waals surface area contributed by atoms with Crippen molar-refractivity contribution in [3.8, 4) is 50.2 Å². The van der Waals surface area contributed by atoms with Gasteiger partial charge < -0.3 is 8.98 Å². The van der Waals surface area contributed by atoms with Crippen LogP contribution in [-0.4, -0.2) is 4.57 Å². The van der Waals surface area contributed by atoms with Crippen LogP contribution in [0.1, 0.15) is 0 Å². The Balaban J connectivity index is 0.947. The molecule has 2 aromatic heterocycles. The van der Waals surface area contributed by atoms with Crippen molar-refractivity contribution in [1.82, 2.24) is 4.57 Å². The van der Waals surface area contributed by atoms with E-state index < -0.39 is 0 Å². The Morgan fingerprint density at radius 3 is 1.17 bits per heavy atom. The van der Waals surface area contributed by atoms with E-state index in [2.05, 4.69) is 241 Å². The molecule has 66 heavy (non-hydrogen) atoms. The molecule has 0 aliphatic carbocycles. The van der Waals surface area contributed by atoms with Gasteiger partial charge in [0.2, 0.25) is 0 Å². The predicted octanol–water partition coefficient (Wildman–Crippen LogP) is 18.0.